The van der Waals surface area contributed by atoms with Gasteiger partial charge in [-0.1, -0.05) is 37.4 Å². The minimum atomic E-state index is 0.0488. The van der Waals surface area contributed by atoms with E-state index >= 15 is 0 Å². The molecular weight excluding hydrogens is 260 g/mol. The Kier molecular flexibility index (Phi) is 6.50. The Balaban J connectivity index is 2.73. The molecule has 98 valence electrons. The highest BCUT2D eigenvalue weighted by Crippen LogP contribution is 2.26. The van der Waals surface area contributed by atoms with E-state index in [2.05, 4.69) is 6.92 Å². The van der Waals surface area contributed by atoms with Gasteiger partial charge in [0, 0.05) is 0 Å². The summed E-state index contributed by atoms with van der Waals surface area (Å²) in [5.41, 5.74) is 0.761. The normalized spacial score (nSPS) is 9.26. The van der Waals surface area contributed by atoms with Crippen LogP contribution < -0.4 is 4.74 Å². The molecule has 0 saturated carbocycles. The summed E-state index contributed by atoms with van der Waals surface area (Å²) in [5, 5.41) is 17.8. The monoisotopic (exact) mass is 274 g/mol. The van der Waals surface area contributed by atoms with Crippen LogP contribution in [0.2, 0.25) is 5.02 Å². The zero-order valence-electron chi connectivity index (χ0n) is 10.8. The van der Waals surface area contributed by atoms with Crippen molar-refractivity contribution < 1.29 is 4.74 Å². The van der Waals surface area contributed by atoms with Gasteiger partial charge in [0.05, 0.1) is 11.6 Å². The summed E-state index contributed by atoms with van der Waals surface area (Å²) < 4.78 is 5.57. The number of halogens is 1. The number of nitriles is 2. The van der Waals surface area contributed by atoms with Gasteiger partial charge in [0.25, 0.3) is 0 Å². The van der Waals surface area contributed by atoms with Crippen LogP contribution in [-0.2, 0) is 0 Å². The SMILES string of the molecule is CCCCCOc1ccc(C=C(C#N)C#N)cc1Cl. The van der Waals surface area contributed by atoms with Crippen molar-refractivity contribution in [3.8, 4) is 17.9 Å². The van der Waals surface area contributed by atoms with Gasteiger partial charge in [-0.3, -0.25) is 0 Å². The Labute approximate surface area is 118 Å². The van der Waals surface area contributed by atoms with Crippen molar-refractivity contribution in [3.63, 3.8) is 0 Å². The van der Waals surface area contributed by atoms with Crippen LogP contribution in [-0.4, -0.2) is 6.61 Å². The lowest BCUT2D eigenvalue weighted by atomic mass is 10.1. The van der Waals surface area contributed by atoms with E-state index in [4.69, 9.17) is 26.9 Å². The maximum Gasteiger partial charge on any atom is 0.137 e. The number of hydrogen-bond acceptors (Lipinski definition) is 3. The molecule has 0 aliphatic heterocycles. The smallest absolute Gasteiger partial charge is 0.137 e. The number of hydrogen-bond donors (Lipinski definition) is 0. The van der Waals surface area contributed by atoms with E-state index in [1.54, 1.807) is 18.2 Å². The molecule has 0 aromatic heterocycles. The summed E-state index contributed by atoms with van der Waals surface area (Å²) in [4.78, 5) is 0. The van der Waals surface area contributed by atoms with Gasteiger partial charge >= 0.3 is 0 Å². The lowest BCUT2D eigenvalue weighted by Gasteiger charge is -2.08. The predicted octanol–water partition coefficient (Wildman–Crippen LogP) is 4.34. The number of ether oxygens (including phenoxy) is 1. The molecule has 0 N–H and O–H groups in total. The number of rotatable bonds is 6. The Morgan fingerprint density at radius 2 is 2.05 bits per heavy atom. The van der Waals surface area contributed by atoms with Crippen molar-refractivity contribution in [1.82, 2.24) is 0 Å². The molecule has 19 heavy (non-hydrogen) atoms. The van der Waals surface area contributed by atoms with Crippen LogP contribution in [0.25, 0.3) is 6.08 Å². The average Bonchev–Trinajstić information content (AvgIpc) is 2.42. The Hall–Kier alpha value is -1.97. The average molecular weight is 275 g/mol. The van der Waals surface area contributed by atoms with Gasteiger partial charge in [-0.2, -0.15) is 10.5 Å². The van der Waals surface area contributed by atoms with Crippen molar-refractivity contribution in [1.29, 1.82) is 10.5 Å². The largest absolute Gasteiger partial charge is 0.492 e. The first-order chi connectivity index (χ1) is 9.21. The van der Waals surface area contributed by atoms with E-state index < -0.39 is 0 Å². The molecule has 0 saturated heterocycles. The lowest BCUT2D eigenvalue weighted by molar-refractivity contribution is 0.306. The van der Waals surface area contributed by atoms with Gasteiger partial charge in [0.2, 0.25) is 0 Å². The predicted molar refractivity (Wildman–Crippen MR) is 75.7 cm³/mol. The second-order valence-corrected chi connectivity index (χ2v) is 4.43. The first kappa shape index (κ1) is 15.1. The molecule has 0 bridgehead atoms. The van der Waals surface area contributed by atoms with Gasteiger partial charge < -0.3 is 4.74 Å². The third kappa shape index (κ3) is 5.04. The van der Waals surface area contributed by atoms with Crippen molar-refractivity contribution in [2.24, 2.45) is 0 Å². The Bertz CT molecular complexity index is 522. The number of unbranched alkanes of at least 4 members (excludes halogenated alkanes) is 2. The van der Waals surface area contributed by atoms with E-state index in [0.29, 0.717) is 22.9 Å². The molecule has 4 heteroatoms. The molecule has 0 spiro atoms. The van der Waals surface area contributed by atoms with Crippen LogP contribution in [0.15, 0.2) is 23.8 Å². The standard InChI is InChI=1S/C15H15ClN2O/c1-2-3-4-7-19-15-6-5-12(9-14(15)16)8-13(10-17)11-18/h5-6,8-9H,2-4,7H2,1H3. The van der Waals surface area contributed by atoms with E-state index in [1.165, 1.54) is 6.08 Å². The second kappa shape index (κ2) is 8.19. The van der Waals surface area contributed by atoms with E-state index in [0.717, 1.165) is 19.3 Å². The minimum Gasteiger partial charge on any atom is -0.492 e. The van der Waals surface area contributed by atoms with Crippen LogP contribution in [0.3, 0.4) is 0 Å². The molecule has 0 aliphatic rings. The zero-order valence-corrected chi connectivity index (χ0v) is 11.6. The zero-order chi connectivity index (χ0) is 14.1. The molecule has 0 unspecified atom stereocenters. The van der Waals surface area contributed by atoms with Gasteiger partial charge in [-0.25, -0.2) is 0 Å². The molecule has 1 rings (SSSR count). The fraction of sp³-hybridized carbons (Fsp3) is 0.333. The van der Waals surface area contributed by atoms with Crippen molar-refractivity contribution in [2.45, 2.75) is 26.2 Å². The van der Waals surface area contributed by atoms with Crippen LogP contribution in [0.4, 0.5) is 0 Å². The topological polar surface area (TPSA) is 56.8 Å². The molecule has 0 amide bonds. The molecule has 0 radical (unpaired) electrons. The van der Waals surface area contributed by atoms with Crippen LogP contribution >= 0.6 is 11.6 Å². The number of nitrogens with zero attached hydrogens (tertiary/aromatic N) is 2. The minimum absolute atomic E-state index is 0.0488. The third-order valence-corrected chi connectivity index (χ3v) is 2.81. The summed E-state index contributed by atoms with van der Waals surface area (Å²) in [6.45, 7) is 2.78. The van der Waals surface area contributed by atoms with Gasteiger partial charge in [0.1, 0.15) is 23.5 Å². The van der Waals surface area contributed by atoms with Crippen LogP contribution in [0.5, 0.6) is 5.75 Å². The molecule has 1 aromatic carbocycles. The van der Waals surface area contributed by atoms with E-state index in [1.807, 2.05) is 12.1 Å². The summed E-state index contributed by atoms with van der Waals surface area (Å²) >= 11 is 6.09. The van der Waals surface area contributed by atoms with Crippen molar-refractivity contribution in [3.05, 3.63) is 34.4 Å². The third-order valence-electron chi connectivity index (χ3n) is 2.51. The van der Waals surface area contributed by atoms with Crippen molar-refractivity contribution in [2.75, 3.05) is 6.61 Å². The second-order valence-electron chi connectivity index (χ2n) is 4.03. The first-order valence-corrected chi connectivity index (χ1v) is 6.53. The van der Waals surface area contributed by atoms with E-state index in [-0.39, 0.29) is 5.57 Å². The molecule has 0 heterocycles. The molecule has 0 fully saturated rings. The summed E-state index contributed by atoms with van der Waals surface area (Å²) in [6.07, 6.45) is 4.77. The Morgan fingerprint density at radius 1 is 1.32 bits per heavy atom. The highest BCUT2D eigenvalue weighted by molar-refractivity contribution is 6.32. The number of allylic oxidation sites excluding steroid dienone is 1. The van der Waals surface area contributed by atoms with Crippen LogP contribution in [0.1, 0.15) is 31.7 Å². The van der Waals surface area contributed by atoms with Crippen molar-refractivity contribution >= 4 is 17.7 Å². The van der Waals surface area contributed by atoms with Gasteiger partial charge in [-0.15, -0.1) is 0 Å². The Morgan fingerprint density at radius 3 is 2.63 bits per heavy atom. The van der Waals surface area contributed by atoms with Gasteiger partial charge in [-0.05, 0) is 30.2 Å². The summed E-state index contributed by atoms with van der Waals surface area (Å²) in [5.74, 6) is 0.630. The maximum atomic E-state index is 8.68. The first-order valence-electron chi connectivity index (χ1n) is 6.15. The maximum absolute atomic E-state index is 8.68. The van der Waals surface area contributed by atoms with Gasteiger partial charge in [0.15, 0.2) is 0 Å². The molecular formula is C15H15ClN2O. The van der Waals surface area contributed by atoms with Crippen LogP contribution in [0, 0.1) is 22.7 Å². The molecule has 1 aromatic rings. The lowest BCUT2D eigenvalue weighted by Crippen LogP contribution is -1.97. The molecule has 3 nitrogen and oxygen atoms in total. The quantitative estimate of drug-likeness (QED) is 0.573. The summed E-state index contributed by atoms with van der Waals surface area (Å²) in [7, 11) is 0. The molecule has 0 atom stereocenters. The fourth-order valence-electron chi connectivity index (χ4n) is 1.51. The molecule has 0 aliphatic carbocycles. The fourth-order valence-corrected chi connectivity index (χ4v) is 1.76. The van der Waals surface area contributed by atoms with E-state index in [9.17, 15) is 0 Å². The number of benzene rings is 1. The summed E-state index contributed by atoms with van der Waals surface area (Å²) in [6, 6.07) is 8.83. The highest BCUT2D eigenvalue weighted by Gasteiger charge is 2.03. The highest BCUT2D eigenvalue weighted by atomic mass is 35.5.